The maximum atomic E-state index is 11.0. The van der Waals surface area contributed by atoms with E-state index < -0.39 is 148 Å². The summed E-state index contributed by atoms with van der Waals surface area (Å²) in [5, 5.41) is 125. The summed E-state index contributed by atoms with van der Waals surface area (Å²) >= 11 is 0. The molecule has 4 aliphatic rings. The van der Waals surface area contributed by atoms with E-state index in [-0.39, 0.29) is 52.9 Å². The fraction of sp³-hybridized carbons (Fsp3) is 1.00. The molecule has 0 aliphatic carbocycles. The summed E-state index contributed by atoms with van der Waals surface area (Å²) in [6.07, 6.45) is -19.1. The zero-order valence-corrected chi connectivity index (χ0v) is 31.1. The molecular weight excluding hydrogens is 744 g/mol. The zero-order chi connectivity index (χ0) is 40.4. The second kappa shape index (κ2) is 22.5. The Bertz CT molecular complexity index is 1070. The maximum absolute atomic E-state index is 11.0. The Morgan fingerprint density at radius 3 is 0.782 bits per heavy atom. The fourth-order valence-corrected chi connectivity index (χ4v) is 7.80. The Morgan fingerprint density at radius 2 is 0.545 bits per heavy atom. The molecule has 4 rings (SSSR count). The zero-order valence-electron chi connectivity index (χ0n) is 31.1. The van der Waals surface area contributed by atoms with Gasteiger partial charge >= 0.3 is 0 Å². The van der Waals surface area contributed by atoms with Crippen molar-refractivity contribution in [2.45, 2.75) is 97.7 Å². The highest BCUT2D eigenvalue weighted by Gasteiger charge is 2.49. The van der Waals surface area contributed by atoms with Gasteiger partial charge in [0.1, 0.15) is 48.8 Å². The first-order valence-electron chi connectivity index (χ1n) is 18.6. The first-order chi connectivity index (χ1) is 26.4. The van der Waals surface area contributed by atoms with Crippen molar-refractivity contribution >= 4 is 0 Å². The molecule has 0 aromatic heterocycles. The molecule has 0 aromatic carbocycles. The van der Waals surface area contributed by atoms with E-state index in [2.05, 4.69) is 0 Å². The molecule has 324 valence electrons. The lowest BCUT2D eigenvalue weighted by Gasteiger charge is -2.44. The smallest absolute Gasteiger partial charge is 0.110 e. The SMILES string of the molecule is COC[C@H]1O[C@@H](CO)[C@@H](COC[C@H]2O[C@@H](CO)[C@@H](COC[C@H]3O[C@@H](CO)[C@@H](COC[C@H]4O[C@@H](CO)[C@@H](COC)C(O)C4O)C(O)C3O)C(O)C2O)C(O)C1O. The van der Waals surface area contributed by atoms with Crippen LogP contribution in [-0.4, -0.2) is 252 Å². The number of ether oxygens (including phenoxy) is 9. The summed E-state index contributed by atoms with van der Waals surface area (Å²) in [5.74, 6) is -3.40. The van der Waals surface area contributed by atoms with Gasteiger partial charge in [-0.25, -0.2) is 0 Å². The largest absolute Gasteiger partial charge is 0.394 e. The standard InChI is InChI=1S/C34H62O21/c1-47-7-15-19(3-35)53-24(32(44)27(15)39)12-50-9-17-21(5-37)55-26(34(46)29(17)41)14-51-10-18-22(6-38)54-25(33(45)30(18)42)13-49-8-16-20(4-36)52-23(11-48-2)31(43)28(16)40/h15-46H,3-14H2,1-2H3/t15-,16-,17-,18-,19+,20+,21+,22+,23-,24-,25-,26-,27?,28?,29?,30?,31?,32?,33?,34?/m1/s1. The van der Waals surface area contributed by atoms with Crippen LogP contribution in [0.5, 0.6) is 0 Å². The van der Waals surface area contributed by atoms with Gasteiger partial charge in [0.25, 0.3) is 0 Å². The van der Waals surface area contributed by atoms with Crippen LogP contribution in [0, 0.1) is 23.7 Å². The lowest BCUT2D eigenvalue weighted by Crippen LogP contribution is -2.60. The normalized spacial score (nSPS) is 45.5. The van der Waals surface area contributed by atoms with Crippen molar-refractivity contribution in [3.63, 3.8) is 0 Å². The van der Waals surface area contributed by atoms with Gasteiger partial charge in [0.2, 0.25) is 0 Å². The molecule has 4 aliphatic heterocycles. The number of aliphatic hydroxyl groups excluding tert-OH is 12. The van der Waals surface area contributed by atoms with Crippen LogP contribution in [0.25, 0.3) is 0 Å². The van der Waals surface area contributed by atoms with Crippen molar-refractivity contribution in [3.05, 3.63) is 0 Å². The molecule has 4 heterocycles. The van der Waals surface area contributed by atoms with Crippen LogP contribution < -0.4 is 0 Å². The van der Waals surface area contributed by atoms with E-state index in [1.807, 2.05) is 0 Å². The highest BCUT2D eigenvalue weighted by Crippen LogP contribution is 2.32. The van der Waals surface area contributed by atoms with Crippen LogP contribution in [-0.2, 0) is 42.6 Å². The van der Waals surface area contributed by atoms with Crippen LogP contribution >= 0.6 is 0 Å². The van der Waals surface area contributed by atoms with Crippen LogP contribution in [0.1, 0.15) is 0 Å². The molecule has 0 saturated carbocycles. The molecule has 4 saturated heterocycles. The number of hydrogen-bond acceptors (Lipinski definition) is 21. The van der Waals surface area contributed by atoms with Crippen molar-refractivity contribution in [2.75, 3.05) is 93.5 Å². The average Bonchev–Trinajstić information content (AvgIpc) is 3.18. The van der Waals surface area contributed by atoms with Gasteiger partial charge in [-0.1, -0.05) is 0 Å². The molecule has 4 fully saturated rings. The Kier molecular flexibility index (Phi) is 19.2. The van der Waals surface area contributed by atoms with Crippen LogP contribution in [0.2, 0.25) is 0 Å². The predicted molar refractivity (Wildman–Crippen MR) is 181 cm³/mol. The highest BCUT2D eigenvalue weighted by atomic mass is 16.6. The van der Waals surface area contributed by atoms with Crippen molar-refractivity contribution in [1.82, 2.24) is 0 Å². The molecule has 0 radical (unpaired) electrons. The first-order valence-corrected chi connectivity index (χ1v) is 18.6. The number of methoxy groups -OCH3 is 2. The lowest BCUT2D eigenvalue weighted by molar-refractivity contribution is -0.251. The van der Waals surface area contributed by atoms with Gasteiger partial charge in [0.15, 0.2) is 0 Å². The molecule has 0 amide bonds. The third-order valence-electron chi connectivity index (χ3n) is 11.2. The molecule has 21 nitrogen and oxygen atoms in total. The van der Waals surface area contributed by atoms with E-state index in [0.717, 1.165) is 0 Å². The summed E-state index contributed by atoms with van der Waals surface area (Å²) < 4.78 is 50.1. The summed E-state index contributed by atoms with van der Waals surface area (Å²) in [6, 6.07) is 0. The van der Waals surface area contributed by atoms with Gasteiger partial charge in [-0.2, -0.15) is 0 Å². The van der Waals surface area contributed by atoms with Gasteiger partial charge in [-0.15, -0.1) is 0 Å². The Labute approximate surface area is 318 Å². The van der Waals surface area contributed by atoms with Crippen LogP contribution in [0.3, 0.4) is 0 Å². The Morgan fingerprint density at radius 1 is 0.309 bits per heavy atom. The second-order valence-electron chi connectivity index (χ2n) is 14.7. The van der Waals surface area contributed by atoms with E-state index in [1.165, 1.54) is 14.2 Å². The van der Waals surface area contributed by atoms with Gasteiger partial charge in [-0.3, -0.25) is 0 Å². The quantitative estimate of drug-likeness (QED) is 0.0544. The van der Waals surface area contributed by atoms with E-state index in [4.69, 9.17) is 42.6 Å². The summed E-state index contributed by atoms with van der Waals surface area (Å²) in [7, 11) is 2.82. The first kappa shape index (κ1) is 46.8. The third-order valence-corrected chi connectivity index (χ3v) is 11.2. The van der Waals surface area contributed by atoms with Gasteiger partial charge in [0, 0.05) is 37.9 Å². The molecule has 0 aromatic rings. The molecule has 21 heteroatoms. The second-order valence-corrected chi connectivity index (χ2v) is 14.7. The predicted octanol–water partition coefficient (Wildman–Crippen LogP) is -7.28. The van der Waals surface area contributed by atoms with Gasteiger partial charge in [-0.05, 0) is 0 Å². The molecule has 20 atom stereocenters. The molecule has 0 spiro atoms. The number of hydrogen-bond donors (Lipinski definition) is 12. The van der Waals surface area contributed by atoms with E-state index in [9.17, 15) is 61.3 Å². The van der Waals surface area contributed by atoms with Gasteiger partial charge in [0.05, 0.1) is 128 Å². The number of aliphatic hydroxyl groups is 12. The van der Waals surface area contributed by atoms with E-state index >= 15 is 0 Å². The lowest BCUT2D eigenvalue weighted by atomic mass is 9.86. The molecule has 55 heavy (non-hydrogen) atoms. The van der Waals surface area contributed by atoms with Crippen LogP contribution in [0.4, 0.5) is 0 Å². The molecule has 8 unspecified atom stereocenters. The van der Waals surface area contributed by atoms with Crippen molar-refractivity contribution in [3.8, 4) is 0 Å². The van der Waals surface area contributed by atoms with E-state index in [1.54, 1.807) is 0 Å². The maximum Gasteiger partial charge on any atom is 0.110 e. The minimum Gasteiger partial charge on any atom is -0.394 e. The number of rotatable bonds is 20. The summed E-state index contributed by atoms with van der Waals surface area (Å²) in [5.41, 5.74) is 0. The van der Waals surface area contributed by atoms with Crippen molar-refractivity contribution in [1.29, 1.82) is 0 Å². The summed E-state index contributed by atoms with van der Waals surface area (Å²) in [4.78, 5) is 0. The highest BCUT2D eigenvalue weighted by molar-refractivity contribution is 4.96. The van der Waals surface area contributed by atoms with Gasteiger partial charge < -0.3 is 104 Å². The monoisotopic (exact) mass is 806 g/mol. The fourth-order valence-electron chi connectivity index (χ4n) is 7.80. The Hall–Kier alpha value is -0.840. The topological polar surface area (TPSA) is 326 Å². The average molecular weight is 807 g/mol. The molecular formula is C34H62O21. The minimum atomic E-state index is -1.51. The summed E-state index contributed by atoms with van der Waals surface area (Å²) in [6.45, 7) is -3.61. The van der Waals surface area contributed by atoms with E-state index in [0.29, 0.717) is 0 Å². The third kappa shape index (κ3) is 11.3. The molecule has 0 bridgehead atoms. The van der Waals surface area contributed by atoms with Crippen molar-refractivity contribution in [2.24, 2.45) is 23.7 Å². The minimum absolute atomic E-state index is 0.00640. The molecule has 12 N–H and O–H groups in total. The van der Waals surface area contributed by atoms with Crippen molar-refractivity contribution < 1.29 is 104 Å². The Balaban J connectivity index is 1.24. The van der Waals surface area contributed by atoms with Crippen LogP contribution in [0.15, 0.2) is 0 Å².